The van der Waals surface area contributed by atoms with E-state index >= 15 is 0 Å². The number of non-ortho nitro benzene ring substituents is 1. The van der Waals surface area contributed by atoms with Gasteiger partial charge in [-0.25, -0.2) is 4.98 Å². The molecule has 0 fully saturated rings. The van der Waals surface area contributed by atoms with E-state index in [-0.39, 0.29) is 17.6 Å². The van der Waals surface area contributed by atoms with Gasteiger partial charge in [-0.1, -0.05) is 23.7 Å². The first-order valence-electron chi connectivity index (χ1n) is 7.55. The maximum Gasteiger partial charge on any atom is 0.269 e. The van der Waals surface area contributed by atoms with Gasteiger partial charge in [0.05, 0.1) is 16.5 Å². The number of hydrogen-bond acceptors (Lipinski definition) is 4. The standard InChI is InChI=1S/C18H14ClN3O3/c1-11(12-3-2-4-15(10-12)22(24)25)20-18(23)14-5-7-16-13(9-14)6-8-17(19)21-16/h2-11H,1H3,(H,20,23). The zero-order chi connectivity index (χ0) is 18.0. The Morgan fingerprint density at radius 1 is 1.20 bits per heavy atom. The summed E-state index contributed by atoms with van der Waals surface area (Å²) < 4.78 is 0. The Morgan fingerprint density at radius 3 is 2.76 bits per heavy atom. The summed E-state index contributed by atoms with van der Waals surface area (Å²) in [4.78, 5) is 27.1. The lowest BCUT2D eigenvalue weighted by molar-refractivity contribution is -0.384. The molecule has 0 aliphatic carbocycles. The van der Waals surface area contributed by atoms with E-state index in [1.165, 1.54) is 12.1 Å². The minimum absolute atomic E-state index is 0.00717. The van der Waals surface area contributed by atoms with Crippen LogP contribution in [0.25, 0.3) is 10.9 Å². The molecule has 0 aliphatic rings. The third kappa shape index (κ3) is 3.75. The first-order valence-corrected chi connectivity index (χ1v) is 7.93. The molecule has 126 valence electrons. The fourth-order valence-corrected chi connectivity index (χ4v) is 2.67. The van der Waals surface area contributed by atoms with Gasteiger partial charge in [0.25, 0.3) is 11.6 Å². The van der Waals surface area contributed by atoms with Crippen molar-refractivity contribution in [2.75, 3.05) is 0 Å². The van der Waals surface area contributed by atoms with Crippen LogP contribution in [0.2, 0.25) is 5.15 Å². The van der Waals surface area contributed by atoms with Crippen LogP contribution in [0.15, 0.2) is 54.6 Å². The fraction of sp³-hybridized carbons (Fsp3) is 0.111. The second-order valence-corrected chi connectivity index (χ2v) is 5.98. The Hall–Kier alpha value is -2.99. The Balaban J connectivity index is 1.80. The molecule has 6 nitrogen and oxygen atoms in total. The summed E-state index contributed by atoms with van der Waals surface area (Å²) in [5.74, 6) is -0.268. The lowest BCUT2D eigenvalue weighted by Crippen LogP contribution is -2.26. The van der Waals surface area contributed by atoms with Crippen molar-refractivity contribution >= 4 is 34.1 Å². The lowest BCUT2D eigenvalue weighted by Gasteiger charge is -2.14. The van der Waals surface area contributed by atoms with Gasteiger partial charge in [0, 0.05) is 23.1 Å². The third-order valence-corrected chi connectivity index (χ3v) is 4.06. The molecule has 1 aromatic heterocycles. The molecule has 0 aliphatic heterocycles. The van der Waals surface area contributed by atoms with E-state index in [0.717, 1.165) is 5.39 Å². The monoisotopic (exact) mass is 355 g/mol. The molecular formula is C18H14ClN3O3. The quantitative estimate of drug-likeness (QED) is 0.430. The topological polar surface area (TPSA) is 85.1 Å². The Bertz CT molecular complexity index is 975. The van der Waals surface area contributed by atoms with Gasteiger partial charge in [0.2, 0.25) is 0 Å². The largest absolute Gasteiger partial charge is 0.346 e. The van der Waals surface area contributed by atoms with E-state index in [4.69, 9.17) is 11.6 Å². The highest BCUT2D eigenvalue weighted by Gasteiger charge is 2.14. The number of nitro benzene ring substituents is 1. The summed E-state index contributed by atoms with van der Waals surface area (Å²) >= 11 is 5.85. The number of nitrogens with zero attached hydrogens (tertiary/aromatic N) is 2. The molecule has 7 heteroatoms. The first-order chi connectivity index (χ1) is 11.9. The molecule has 0 saturated heterocycles. The predicted octanol–water partition coefficient (Wildman–Crippen LogP) is 4.29. The number of rotatable bonds is 4. The van der Waals surface area contributed by atoms with Gasteiger partial charge in [-0.05, 0) is 42.8 Å². The number of fused-ring (bicyclic) bond motifs is 1. The van der Waals surface area contributed by atoms with Crippen molar-refractivity contribution in [2.45, 2.75) is 13.0 Å². The van der Waals surface area contributed by atoms with Crippen LogP contribution in [0, 0.1) is 10.1 Å². The number of amides is 1. The summed E-state index contributed by atoms with van der Waals surface area (Å²) in [7, 11) is 0. The average Bonchev–Trinajstić information content (AvgIpc) is 2.61. The van der Waals surface area contributed by atoms with Crippen LogP contribution < -0.4 is 5.32 Å². The number of nitro groups is 1. The molecule has 1 unspecified atom stereocenters. The zero-order valence-electron chi connectivity index (χ0n) is 13.3. The van der Waals surface area contributed by atoms with Crippen molar-refractivity contribution < 1.29 is 9.72 Å². The highest BCUT2D eigenvalue weighted by atomic mass is 35.5. The number of nitrogens with one attached hydrogen (secondary N) is 1. The normalized spacial score (nSPS) is 11.9. The first kappa shape index (κ1) is 16.9. The number of carbonyl (C=O) groups excluding carboxylic acids is 1. The predicted molar refractivity (Wildman–Crippen MR) is 95.7 cm³/mol. The Morgan fingerprint density at radius 2 is 2.00 bits per heavy atom. The van der Waals surface area contributed by atoms with E-state index in [0.29, 0.717) is 21.8 Å². The van der Waals surface area contributed by atoms with Gasteiger partial charge >= 0.3 is 0 Å². The maximum atomic E-state index is 12.5. The molecule has 3 rings (SSSR count). The Labute approximate surface area is 148 Å². The highest BCUT2D eigenvalue weighted by molar-refractivity contribution is 6.29. The smallest absolute Gasteiger partial charge is 0.269 e. The summed E-state index contributed by atoms with van der Waals surface area (Å²) in [5.41, 5.74) is 1.84. The molecule has 3 aromatic rings. The molecule has 0 radical (unpaired) electrons. The van der Waals surface area contributed by atoms with E-state index in [2.05, 4.69) is 10.3 Å². The van der Waals surface area contributed by atoms with Crippen molar-refractivity contribution in [3.63, 3.8) is 0 Å². The van der Waals surface area contributed by atoms with Crippen LogP contribution in [-0.4, -0.2) is 15.8 Å². The van der Waals surface area contributed by atoms with E-state index in [1.54, 1.807) is 49.4 Å². The summed E-state index contributed by atoms with van der Waals surface area (Å²) in [6, 6.07) is 14.4. The Kier molecular flexibility index (Phi) is 4.63. The van der Waals surface area contributed by atoms with Gasteiger partial charge in [0.15, 0.2) is 0 Å². The number of halogens is 1. The number of carbonyl (C=O) groups is 1. The second-order valence-electron chi connectivity index (χ2n) is 5.59. The van der Waals surface area contributed by atoms with Crippen LogP contribution >= 0.6 is 11.6 Å². The third-order valence-electron chi connectivity index (χ3n) is 3.85. The molecule has 1 heterocycles. The van der Waals surface area contributed by atoms with Crippen molar-refractivity contribution in [3.8, 4) is 0 Å². The minimum atomic E-state index is -0.459. The van der Waals surface area contributed by atoms with Gasteiger partial charge in [-0.3, -0.25) is 14.9 Å². The van der Waals surface area contributed by atoms with Crippen LogP contribution in [-0.2, 0) is 0 Å². The van der Waals surface area contributed by atoms with Crippen molar-refractivity contribution in [1.29, 1.82) is 0 Å². The lowest BCUT2D eigenvalue weighted by atomic mass is 10.1. The number of hydrogen-bond donors (Lipinski definition) is 1. The van der Waals surface area contributed by atoms with Gasteiger partial charge in [-0.15, -0.1) is 0 Å². The summed E-state index contributed by atoms with van der Waals surface area (Å²) in [5, 5.41) is 14.9. The summed E-state index contributed by atoms with van der Waals surface area (Å²) in [6.45, 7) is 1.78. The fourth-order valence-electron chi connectivity index (χ4n) is 2.51. The molecule has 2 aromatic carbocycles. The zero-order valence-corrected chi connectivity index (χ0v) is 14.0. The molecule has 1 atom stereocenters. The van der Waals surface area contributed by atoms with Crippen molar-refractivity contribution in [3.05, 3.63) is 81.0 Å². The number of aromatic nitrogens is 1. The average molecular weight is 356 g/mol. The molecule has 0 saturated carbocycles. The maximum absolute atomic E-state index is 12.5. The SMILES string of the molecule is CC(NC(=O)c1ccc2nc(Cl)ccc2c1)c1cccc([N+](=O)[O-])c1. The minimum Gasteiger partial charge on any atom is -0.346 e. The van der Waals surface area contributed by atoms with E-state index in [9.17, 15) is 14.9 Å². The van der Waals surface area contributed by atoms with Crippen molar-refractivity contribution in [1.82, 2.24) is 10.3 Å². The number of pyridine rings is 1. The molecule has 25 heavy (non-hydrogen) atoms. The summed E-state index contributed by atoms with van der Waals surface area (Å²) in [6.07, 6.45) is 0. The number of benzene rings is 2. The molecule has 0 bridgehead atoms. The van der Waals surface area contributed by atoms with E-state index in [1.807, 2.05) is 0 Å². The molecular weight excluding hydrogens is 342 g/mol. The van der Waals surface area contributed by atoms with Crippen LogP contribution in [0.1, 0.15) is 28.9 Å². The van der Waals surface area contributed by atoms with Crippen LogP contribution in [0.4, 0.5) is 5.69 Å². The van der Waals surface area contributed by atoms with Crippen molar-refractivity contribution in [2.24, 2.45) is 0 Å². The molecule has 1 N–H and O–H groups in total. The van der Waals surface area contributed by atoms with Gasteiger partial charge < -0.3 is 5.32 Å². The highest BCUT2D eigenvalue weighted by Crippen LogP contribution is 2.21. The van der Waals surface area contributed by atoms with Crippen LogP contribution in [0.3, 0.4) is 0 Å². The second kappa shape index (κ2) is 6.86. The molecule has 0 spiro atoms. The van der Waals surface area contributed by atoms with E-state index < -0.39 is 4.92 Å². The van der Waals surface area contributed by atoms with Crippen LogP contribution in [0.5, 0.6) is 0 Å². The van der Waals surface area contributed by atoms with Gasteiger partial charge in [-0.2, -0.15) is 0 Å². The molecule has 1 amide bonds. The van der Waals surface area contributed by atoms with Gasteiger partial charge in [0.1, 0.15) is 5.15 Å².